The molecule has 0 spiro atoms. The van der Waals surface area contributed by atoms with Crippen LogP contribution >= 0.6 is 16.1 Å². The van der Waals surface area contributed by atoms with Crippen LogP contribution in [0.2, 0.25) is 0 Å². The SMILES string of the molecule is O=Cc1nn(Br)c2ccccc12. The van der Waals surface area contributed by atoms with Crippen LogP contribution in [0.1, 0.15) is 10.5 Å². The summed E-state index contributed by atoms with van der Waals surface area (Å²) in [5.41, 5.74) is 1.36. The summed E-state index contributed by atoms with van der Waals surface area (Å²) < 4.78 is 1.52. The van der Waals surface area contributed by atoms with Gasteiger partial charge in [-0.15, -0.1) is 0 Å². The Kier molecular flexibility index (Phi) is 1.69. The number of rotatable bonds is 1. The van der Waals surface area contributed by atoms with Crippen LogP contribution < -0.4 is 0 Å². The normalized spacial score (nSPS) is 10.4. The molecule has 3 nitrogen and oxygen atoms in total. The second-order valence-corrected chi connectivity index (χ2v) is 3.05. The molecule has 1 heterocycles. The van der Waals surface area contributed by atoms with Crippen molar-refractivity contribution in [2.45, 2.75) is 0 Å². The summed E-state index contributed by atoms with van der Waals surface area (Å²) in [5.74, 6) is 0. The summed E-state index contributed by atoms with van der Waals surface area (Å²) in [6.45, 7) is 0. The molecular formula is C8H5BrN2O. The molecule has 0 N–H and O–H groups in total. The van der Waals surface area contributed by atoms with E-state index in [0.29, 0.717) is 5.69 Å². The van der Waals surface area contributed by atoms with Crippen molar-refractivity contribution in [3.63, 3.8) is 0 Å². The predicted octanol–water partition coefficient (Wildman–Crippen LogP) is 2.01. The molecule has 12 heavy (non-hydrogen) atoms. The lowest BCUT2D eigenvalue weighted by atomic mass is 10.2. The Hall–Kier alpha value is -1.16. The van der Waals surface area contributed by atoms with E-state index in [1.807, 2.05) is 24.3 Å². The van der Waals surface area contributed by atoms with Gasteiger partial charge in [-0.3, -0.25) is 4.79 Å². The second-order valence-electron chi connectivity index (χ2n) is 2.38. The molecule has 0 aliphatic carbocycles. The summed E-state index contributed by atoms with van der Waals surface area (Å²) >= 11 is 3.21. The average molecular weight is 225 g/mol. The minimum absolute atomic E-state index is 0.461. The zero-order valence-corrected chi connectivity index (χ0v) is 7.65. The molecule has 0 bridgehead atoms. The maximum Gasteiger partial charge on any atom is 0.170 e. The van der Waals surface area contributed by atoms with Crippen molar-refractivity contribution in [1.82, 2.24) is 8.81 Å². The van der Waals surface area contributed by atoms with Crippen LogP contribution in [0.25, 0.3) is 10.9 Å². The number of benzene rings is 1. The van der Waals surface area contributed by atoms with Gasteiger partial charge in [0.05, 0.1) is 21.7 Å². The van der Waals surface area contributed by atoms with Crippen LogP contribution in [0.3, 0.4) is 0 Å². The van der Waals surface area contributed by atoms with Gasteiger partial charge in [-0.1, -0.05) is 18.2 Å². The number of aldehydes is 1. The van der Waals surface area contributed by atoms with Crippen molar-refractivity contribution in [1.29, 1.82) is 0 Å². The molecule has 60 valence electrons. The lowest BCUT2D eigenvalue weighted by molar-refractivity contribution is 0.112. The van der Waals surface area contributed by atoms with E-state index in [0.717, 1.165) is 17.2 Å². The summed E-state index contributed by atoms with van der Waals surface area (Å²) in [7, 11) is 0. The summed E-state index contributed by atoms with van der Waals surface area (Å²) in [5, 5.41) is 4.84. The highest BCUT2D eigenvalue weighted by molar-refractivity contribution is 9.08. The van der Waals surface area contributed by atoms with Crippen molar-refractivity contribution >= 4 is 33.3 Å². The molecule has 2 rings (SSSR count). The monoisotopic (exact) mass is 224 g/mol. The van der Waals surface area contributed by atoms with Crippen LogP contribution in [0.15, 0.2) is 24.3 Å². The van der Waals surface area contributed by atoms with Crippen molar-refractivity contribution in [3.05, 3.63) is 30.0 Å². The van der Waals surface area contributed by atoms with Gasteiger partial charge in [0.1, 0.15) is 5.69 Å². The topological polar surface area (TPSA) is 34.9 Å². The van der Waals surface area contributed by atoms with Gasteiger partial charge in [-0.25, -0.2) is 0 Å². The third-order valence-electron chi connectivity index (χ3n) is 1.69. The first-order chi connectivity index (χ1) is 5.83. The highest BCUT2D eigenvalue weighted by atomic mass is 79.9. The summed E-state index contributed by atoms with van der Waals surface area (Å²) in [4.78, 5) is 10.5. The van der Waals surface area contributed by atoms with Gasteiger partial charge < -0.3 is 0 Å². The molecule has 0 aliphatic rings. The van der Waals surface area contributed by atoms with Crippen LogP contribution in [-0.4, -0.2) is 15.1 Å². The molecule has 0 radical (unpaired) electrons. The van der Waals surface area contributed by atoms with E-state index in [9.17, 15) is 4.79 Å². The molecule has 0 saturated carbocycles. The van der Waals surface area contributed by atoms with E-state index in [-0.39, 0.29) is 0 Å². The van der Waals surface area contributed by atoms with Crippen LogP contribution in [-0.2, 0) is 0 Å². The van der Waals surface area contributed by atoms with Gasteiger partial charge in [0, 0.05) is 5.39 Å². The number of carbonyl (C=O) groups is 1. The Morgan fingerprint density at radius 3 is 2.92 bits per heavy atom. The maximum absolute atomic E-state index is 10.5. The first-order valence-electron chi connectivity index (χ1n) is 3.42. The minimum atomic E-state index is 0.461. The summed E-state index contributed by atoms with van der Waals surface area (Å²) in [6.07, 6.45) is 0.750. The van der Waals surface area contributed by atoms with Gasteiger partial charge >= 0.3 is 0 Å². The van der Waals surface area contributed by atoms with E-state index >= 15 is 0 Å². The fourth-order valence-electron chi connectivity index (χ4n) is 1.14. The number of para-hydroxylation sites is 1. The van der Waals surface area contributed by atoms with Crippen LogP contribution in [0.5, 0.6) is 0 Å². The van der Waals surface area contributed by atoms with E-state index in [1.54, 1.807) is 0 Å². The average Bonchev–Trinajstić information content (AvgIpc) is 2.44. The lowest BCUT2D eigenvalue weighted by Gasteiger charge is -1.87. The predicted molar refractivity (Wildman–Crippen MR) is 49.4 cm³/mol. The highest BCUT2D eigenvalue weighted by Crippen LogP contribution is 2.17. The number of carbonyl (C=O) groups excluding carboxylic acids is 1. The standard InChI is InChI=1S/C8H5BrN2O/c9-11-8-4-2-1-3-6(8)7(5-12)10-11/h1-5H. The van der Waals surface area contributed by atoms with Crippen LogP contribution in [0, 0.1) is 0 Å². The Morgan fingerprint density at radius 1 is 1.42 bits per heavy atom. The first-order valence-corrected chi connectivity index (χ1v) is 4.13. The molecule has 2 aromatic rings. The Labute approximate surface area is 77.3 Å². The number of fused-ring (bicyclic) bond motifs is 1. The molecule has 0 atom stereocenters. The molecule has 4 heteroatoms. The number of nitrogens with zero attached hydrogens (tertiary/aromatic N) is 2. The maximum atomic E-state index is 10.5. The molecule has 0 unspecified atom stereocenters. The Bertz CT molecular complexity index is 436. The number of aromatic nitrogens is 2. The molecule has 0 fully saturated rings. The fourth-order valence-corrected chi connectivity index (χ4v) is 1.62. The molecule has 1 aromatic heterocycles. The fraction of sp³-hybridized carbons (Fsp3) is 0. The van der Waals surface area contributed by atoms with Crippen molar-refractivity contribution in [2.75, 3.05) is 0 Å². The molecule has 0 saturated heterocycles. The van der Waals surface area contributed by atoms with E-state index in [1.165, 1.54) is 3.71 Å². The van der Waals surface area contributed by atoms with Crippen LogP contribution in [0.4, 0.5) is 0 Å². The van der Waals surface area contributed by atoms with Crippen molar-refractivity contribution < 1.29 is 4.79 Å². The Balaban J connectivity index is 2.91. The molecule has 0 amide bonds. The number of hydrogen-bond acceptors (Lipinski definition) is 2. The zero-order valence-electron chi connectivity index (χ0n) is 6.07. The quantitative estimate of drug-likeness (QED) is 0.695. The first kappa shape index (κ1) is 7.49. The van der Waals surface area contributed by atoms with Gasteiger partial charge in [0.25, 0.3) is 0 Å². The lowest BCUT2D eigenvalue weighted by Crippen LogP contribution is -1.82. The third kappa shape index (κ3) is 0.956. The number of halogens is 1. The van der Waals surface area contributed by atoms with Crippen molar-refractivity contribution in [3.8, 4) is 0 Å². The van der Waals surface area contributed by atoms with E-state index in [4.69, 9.17) is 0 Å². The summed E-state index contributed by atoms with van der Waals surface area (Å²) in [6, 6.07) is 7.54. The molecule has 0 aliphatic heterocycles. The number of hydrogen-bond donors (Lipinski definition) is 0. The largest absolute Gasteiger partial charge is 0.296 e. The second kappa shape index (κ2) is 2.71. The smallest absolute Gasteiger partial charge is 0.170 e. The van der Waals surface area contributed by atoms with Gasteiger partial charge in [-0.2, -0.15) is 8.81 Å². The Morgan fingerprint density at radius 2 is 2.17 bits per heavy atom. The van der Waals surface area contributed by atoms with Gasteiger partial charge in [-0.05, 0) is 6.07 Å². The molecular weight excluding hydrogens is 220 g/mol. The van der Waals surface area contributed by atoms with E-state index < -0.39 is 0 Å². The third-order valence-corrected chi connectivity index (χ3v) is 2.23. The van der Waals surface area contributed by atoms with Gasteiger partial charge in [0.2, 0.25) is 0 Å². The van der Waals surface area contributed by atoms with Crippen molar-refractivity contribution in [2.24, 2.45) is 0 Å². The van der Waals surface area contributed by atoms with Gasteiger partial charge in [0.15, 0.2) is 6.29 Å². The molecule has 1 aromatic carbocycles. The van der Waals surface area contributed by atoms with E-state index in [2.05, 4.69) is 21.2 Å². The minimum Gasteiger partial charge on any atom is -0.296 e. The zero-order chi connectivity index (χ0) is 8.55. The highest BCUT2D eigenvalue weighted by Gasteiger charge is 2.05.